The first-order valence-electron chi connectivity index (χ1n) is 10.7. The fraction of sp³-hybridized carbons (Fsp3) is 0.280. The number of benzene rings is 2. The second-order valence-electron chi connectivity index (χ2n) is 7.49. The Morgan fingerprint density at radius 1 is 0.969 bits per heavy atom. The van der Waals surface area contributed by atoms with Gasteiger partial charge in [-0.1, -0.05) is 36.4 Å². The highest BCUT2D eigenvalue weighted by molar-refractivity contribution is 7.10. The van der Waals surface area contributed by atoms with Gasteiger partial charge >= 0.3 is 0 Å². The van der Waals surface area contributed by atoms with Crippen molar-refractivity contribution in [3.8, 4) is 5.75 Å². The van der Waals surface area contributed by atoms with Crippen LogP contribution in [0.1, 0.15) is 26.8 Å². The van der Waals surface area contributed by atoms with Gasteiger partial charge in [0, 0.05) is 35.6 Å². The molecular weight excluding hydrogens is 424 g/mol. The Bertz CT molecular complexity index is 1000. The lowest BCUT2D eigenvalue weighted by molar-refractivity contribution is -0.123. The van der Waals surface area contributed by atoms with Crippen LogP contribution < -0.4 is 10.1 Å². The largest absolute Gasteiger partial charge is 0.484 e. The second-order valence-corrected chi connectivity index (χ2v) is 8.47. The quantitative estimate of drug-likeness (QED) is 0.505. The van der Waals surface area contributed by atoms with Gasteiger partial charge in [0.2, 0.25) is 0 Å². The first kappa shape index (κ1) is 22.2. The van der Waals surface area contributed by atoms with Crippen LogP contribution in [0, 0.1) is 0 Å². The molecule has 1 fully saturated rings. The van der Waals surface area contributed by atoms with Crippen LogP contribution in [0.5, 0.6) is 5.75 Å². The SMILES string of the molecule is O=C(COc1ccc(C(=O)c2ccccc2)cc1)NC[C@@H](c1cccs1)N1CCOCC1. The summed E-state index contributed by atoms with van der Waals surface area (Å²) in [7, 11) is 0. The lowest BCUT2D eigenvalue weighted by Crippen LogP contribution is -2.44. The smallest absolute Gasteiger partial charge is 0.258 e. The molecule has 0 bridgehead atoms. The van der Waals surface area contributed by atoms with Gasteiger partial charge in [0.15, 0.2) is 12.4 Å². The van der Waals surface area contributed by atoms with Gasteiger partial charge in [-0.05, 0) is 35.7 Å². The molecular formula is C25H26N2O4S. The third kappa shape index (κ3) is 5.82. The van der Waals surface area contributed by atoms with Crippen LogP contribution in [0.3, 0.4) is 0 Å². The first-order chi connectivity index (χ1) is 15.7. The number of amides is 1. The third-order valence-corrected chi connectivity index (χ3v) is 6.35. The van der Waals surface area contributed by atoms with Gasteiger partial charge in [-0.2, -0.15) is 0 Å². The summed E-state index contributed by atoms with van der Waals surface area (Å²) in [6.45, 7) is 3.56. The van der Waals surface area contributed by atoms with E-state index in [0.29, 0.717) is 36.6 Å². The molecule has 0 aliphatic carbocycles. The normalized spacial score (nSPS) is 15.1. The van der Waals surface area contributed by atoms with Crippen LogP contribution >= 0.6 is 11.3 Å². The number of ether oxygens (including phenoxy) is 2. The van der Waals surface area contributed by atoms with E-state index in [-0.39, 0.29) is 24.3 Å². The summed E-state index contributed by atoms with van der Waals surface area (Å²) in [5, 5.41) is 5.05. The van der Waals surface area contributed by atoms with Crippen LogP contribution in [-0.2, 0) is 9.53 Å². The van der Waals surface area contributed by atoms with E-state index < -0.39 is 0 Å². The zero-order chi connectivity index (χ0) is 22.2. The molecule has 3 aromatic rings. The summed E-state index contributed by atoms with van der Waals surface area (Å²) < 4.78 is 11.1. The zero-order valence-electron chi connectivity index (χ0n) is 17.7. The van der Waals surface area contributed by atoms with E-state index in [4.69, 9.17) is 9.47 Å². The van der Waals surface area contributed by atoms with E-state index >= 15 is 0 Å². The molecule has 166 valence electrons. The Morgan fingerprint density at radius 2 is 1.69 bits per heavy atom. The molecule has 1 N–H and O–H groups in total. The van der Waals surface area contributed by atoms with Crippen LogP contribution in [0.25, 0.3) is 0 Å². The van der Waals surface area contributed by atoms with Gasteiger partial charge in [0.05, 0.1) is 19.3 Å². The van der Waals surface area contributed by atoms with Gasteiger partial charge in [0.1, 0.15) is 5.75 Å². The standard InChI is InChI=1S/C25H26N2O4S/c28-24(26-17-22(23-7-4-16-32-23)27-12-14-30-15-13-27)18-31-21-10-8-20(9-11-21)25(29)19-5-2-1-3-6-19/h1-11,16,22H,12-15,17-18H2,(H,26,28)/t22-/m0/s1. The molecule has 1 amide bonds. The summed E-state index contributed by atoms with van der Waals surface area (Å²) in [6.07, 6.45) is 0. The monoisotopic (exact) mass is 450 g/mol. The lowest BCUT2D eigenvalue weighted by Gasteiger charge is -2.34. The maximum atomic E-state index is 12.5. The molecule has 4 rings (SSSR count). The molecule has 1 aromatic heterocycles. The van der Waals surface area contributed by atoms with Crippen LogP contribution in [-0.4, -0.2) is 56.0 Å². The highest BCUT2D eigenvalue weighted by atomic mass is 32.1. The fourth-order valence-corrected chi connectivity index (χ4v) is 4.51. The van der Waals surface area contributed by atoms with Gasteiger partial charge in [0.25, 0.3) is 5.91 Å². The lowest BCUT2D eigenvalue weighted by atomic mass is 10.0. The molecule has 0 saturated carbocycles. The van der Waals surface area contributed by atoms with Gasteiger partial charge in [-0.15, -0.1) is 11.3 Å². The van der Waals surface area contributed by atoms with E-state index in [9.17, 15) is 9.59 Å². The first-order valence-corrected chi connectivity index (χ1v) is 11.5. The number of rotatable bonds is 9. The fourth-order valence-electron chi connectivity index (χ4n) is 3.65. The molecule has 1 atom stereocenters. The predicted octanol–water partition coefficient (Wildman–Crippen LogP) is 3.55. The van der Waals surface area contributed by atoms with E-state index in [1.807, 2.05) is 24.3 Å². The maximum Gasteiger partial charge on any atom is 0.258 e. The number of carbonyl (C=O) groups excluding carboxylic acids is 2. The molecule has 6 nitrogen and oxygen atoms in total. The molecule has 1 saturated heterocycles. The van der Waals surface area contributed by atoms with Crippen molar-refractivity contribution in [1.82, 2.24) is 10.2 Å². The number of hydrogen-bond acceptors (Lipinski definition) is 6. The van der Waals surface area contributed by atoms with Crippen molar-refractivity contribution in [3.05, 3.63) is 88.1 Å². The maximum absolute atomic E-state index is 12.5. The van der Waals surface area contributed by atoms with E-state index in [1.165, 1.54) is 4.88 Å². The van der Waals surface area contributed by atoms with Gasteiger partial charge in [-0.25, -0.2) is 0 Å². The van der Waals surface area contributed by atoms with Gasteiger partial charge < -0.3 is 14.8 Å². The van der Waals surface area contributed by atoms with Crippen molar-refractivity contribution in [2.45, 2.75) is 6.04 Å². The number of hydrogen-bond donors (Lipinski definition) is 1. The van der Waals surface area contributed by atoms with Crippen molar-refractivity contribution in [1.29, 1.82) is 0 Å². The van der Waals surface area contributed by atoms with Crippen molar-refractivity contribution < 1.29 is 19.1 Å². The topological polar surface area (TPSA) is 67.9 Å². The van der Waals surface area contributed by atoms with Crippen LogP contribution in [0.2, 0.25) is 0 Å². The Morgan fingerprint density at radius 3 is 2.38 bits per heavy atom. The number of nitrogens with zero attached hydrogens (tertiary/aromatic N) is 1. The molecule has 1 aliphatic heterocycles. The number of ketones is 1. The van der Waals surface area contributed by atoms with E-state index in [2.05, 4.69) is 21.7 Å². The van der Waals surface area contributed by atoms with Crippen molar-refractivity contribution in [2.24, 2.45) is 0 Å². The van der Waals surface area contributed by atoms with Crippen LogP contribution in [0.4, 0.5) is 0 Å². The minimum atomic E-state index is -0.177. The van der Waals surface area contributed by atoms with Gasteiger partial charge in [-0.3, -0.25) is 14.5 Å². The number of nitrogens with one attached hydrogen (secondary N) is 1. The minimum Gasteiger partial charge on any atom is -0.484 e. The molecule has 2 aromatic carbocycles. The average molecular weight is 451 g/mol. The predicted molar refractivity (Wildman–Crippen MR) is 124 cm³/mol. The summed E-state index contributed by atoms with van der Waals surface area (Å²) in [5.74, 6) is 0.328. The zero-order valence-corrected chi connectivity index (χ0v) is 18.6. The van der Waals surface area contributed by atoms with E-state index in [0.717, 1.165) is 13.1 Å². The summed E-state index contributed by atoms with van der Waals surface area (Å²) >= 11 is 1.70. The molecule has 1 aliphatic rings. The summed E-state index contributed by atoms with van der Waals surface area (Å²) in [5.41, 5.74) is 1.22. The number of carbonyl (C=O) groups is 2. The molecule has 0 unspecified atom stereocenters. The van der Waals surface area contributed by atoms with Crippen molar-refractivity contribution in [3.63, 3.8) is 0 Å². The van der Waals surface area contributed by atoms with Crippen molar-refractivity contribution >= 4 is 23.0 Å². The Balaban J connectivity index is 1.28. The summed E-state index contributed by atoms with van der Waals surface area (Å²) in [6, 6.07) is 20.3. The highest BCUT2D eigenvalue weighted by Crippen LogP contribution is 2.25. The molecule has 7 heteroatoms. The molecule has 0 radical (unpaired) electrons. The second kappa shape index (κ2) is 11.0. The Kier molecular flexibility index (Phi) is 7.66. The third-order valence-electron chi connectivity index (χ3n) is 5.37. The molecule has 32 heavy (non-hydrogen) atoms. The minimum absolute atomic E-state index is 0.0439. The Labute approximate surface area is 191 Å². The van der Waals surface area contributed by atoms with E-state index in [1.54, 1.807) is 47.7 Å². The van der Waals surface area contributed by atoms with Crippen LogP contribution in [0.15, 0.2) is 72.1 Å². The Hall–Kier alpha value is -3.00. The number of morpholine rings is 1. The average Bonchev–Trinajstić information content (AvgIpc) is 3.39. The van der Waals surface area contributed by atoms with Crippen molar-refractivity contribution in [2.75, 3.05) is 39.5 Å². The molecule has 0 spiro atoms. The molecule has 2 heterocycles. The summed E-state index contributed by atoms with van der Waals surface area (Å²) in [4.78, 5) is 28.5. The highest BCUT2D eigenvalue weighted by Gasteiger charge is 2.24. The number of thiophene rings is 1.